The molecule has 1 aliphatic carbocycles. The van der Waals surface area contributed by atoms with Gasteiger partial charge in [-0.15, -0.1) is 0 Å². The lowest BCUT2D eigenvalue weighted by Crippen LogP contribution is -2.52. The topological polar surface area (TPSA) is 61.4 Å². The molecule has 0 saturated heterocycles. The number of benzene rings is 1. The van der Waals surface area contributed by atoms with Crippen molar-refractivity contribution in [3.8, 4) is 0 Å². The van der Waals surface area contributed by atoms with E-state index in [9.17, 15) is 9.90 Å². The number of carbonyl (C=O) groups is 1. The summed E-state index contributed by atoms with van der Waals surface area (Å²) in [5.74, 6) is 0.358. The highest BCUT2D eigenvalue weighted by Crippen LogP contribution is 2.39. The zero-order valence-corrected chi connectivity index (χ0v) is 11.9. The third kappa shape index (κ3) is 3.19. The number of urea groups is 1. The largest absolute Gasteiger partial charge is 0.394 e. The normalized spacial score (nSPS) is 17.7. The molecule has 3 N–H and O–H groups in total. The minimum atomic E-state index is -0.555. The minimum Gasteiger partial charge on any atom is -0.394 e. The van der Waals surface area contributed by atoms with E-state index in [0.29, 0.717) is 16.6 Å². The van der Waals surface area contributed by atoms with Gasteiger partial charge < -0.3 is 15.7 Å². The highest BCUT2D eigenvalue weighted by atomic mass is 35.5. The van der Waals surface area contributed by atoms with Gasteiger partial charge in [0.1, 0.15) is 0 Å². The first-order chi connectivity index (χ1) is 8.96. The molecule has 1 unspecified atom stereocenters. The molecule has 2 rings (SSSR count). The van der Waals surface area contributed by atoms with E-state index in [2.05, 4.69) is 10.6 Å². The zero-order valence-electron chi connectivity index (χ0n) is 11.2. The Hall–Kier alpha value is -1.26. The summed E-state index contributed by atoms with van der Waals surface area (Å²) >= 11 is 6.13. The van der Waals surface area contributed by atoms with Gasteiger partial charge in [0.05, 0.1) is 22.9 Å². The molecule has 0 aromatic heterocycles. The summed E-state index contributed by atoms with van der Waals surface area (Å²) in [5, 5.41) is 15.5. The van der Waals surface area contributed by atoms with Crippen LogP contribution in [0.5, 0.6) is 0 Å². The maximum atomic E-state index is 12.0. The molecule has 1 fully saturated rings. The lowest BCUT2D eigenvalue weighted by molar-refractivity contribution is 0.159. The third-order valence-corrected chi connectivity index (χ3v) is 4.15. The molecule has 0 radical (unpaired) electrons. The van der Waals surface area contributed by atoms with E-state index in [1.807, 2.05) is 26.0 Å². The maximum absolute atomic E-state index is 12.0. The van der Waals surface area contributed by atoms with Gasteiger partial charge in [-0.05, 0) is 44.2 Å². The molecule has 4 nitrogen and oxygen atoms in total. The Morgan fingerprint density at radius 1 is 1.53 bits per heavy atom. The Kier molecular flexibility index (Phi) is 4.02. The Bertz CT molecular complexity index is 488. The Labute approximate surface area is 118 Å². The van der Waals surface area contributed by atoms with Crippen LogP contribution < -0.4 is 10.6 Å². The van der Waals surface area contributed by atoms with Gasteiger partial charge in [-0.2, -0.15) is 0 Å². The molecule has 19 heavy (non-hydrogen) atoms. The van der Waals surface area contributed by atoms with Crippen LogP contribution in [-0.4, -0.2) is 23.3 Å². The first-order valence-electron chi connectivity index (χ1n) is 6.41. The second-order valence-corrected chi connectivity index (χ2v) is 5.74. The summed E-state index contributed by atoms with van der Waals surface area (Å²) in [6.45, 7) is 3.68. The fourth-order valence-electron chi connectivity index (χ4n) is 2.15. The number of aliphatic hydroxyl groups excluding tert-OH is 1. The number of aryl methyl sites for hydroxylation is 1. The van der Waals surface area contributed by atoms with Crippen molar-refractivity contribution in [2.24, 2.45) is 5.92 Å². The van der Waals surface area contributed by atoms with E-state index < -0.39 is 5.54 Å². The maximum Gasteiger partial charge on any atom is 0.319 e. The Morgan fingerprint density at radius 2 is 2.21 bits per heavy atom. The molecular formula is C14H19ClN2O2. The van der Waals surface area contributed by atoms with E-state index in [-0.39, 0.29) is 12.6 Å². The molecule has 104 valence electrons. The number of nitrogens with one attached hydrogen (secondary N) is 2. The highest BCUT2D eigenvalue weighted by Gasteiger charge is 2.42. The number of anilines is 1. The molecule has 0 spiro atoms. The fraction of sp³-hybridized carbons (Fsp3) is 0.500. The zero-order chi connectivity index (χ0) is 14.0. The van der Waals surface area contributed by atoms with Crippen molar-refractivity contribution < 1.29 is 9.90 Å². The summed E-state index contributed by atoms with van der Waals surface area (Å²) in [6.07, 6.45) is 2.09. The van der Waals surface area contributed by atoms with Crippen molar-refractivity contribution >= 4 is 23.3 Å². The lowest BCUT2D eigenvalue weighted by Gasteiger charge is -2.28. The average Bonchev–Trinajstić information content (AvgIpc) is 3.19. The van der Waals surface area contributed by atoms with E-state index in [1.165, 1.54) is 0 Å². The van der Waals surface area contributed by atoms with Crippen molar-refractivity contribution in [1.29, 1.82) is 0 Å². The summed E-state index contributed by atoms with van der Waals surface area (Å²) < 4.78 is 0. The second kappa shape index (κ2) is 5.39. The number of rotatable bonds is 4. The molecule has 5 heteroatoms. The number of hydrogen-bond acceptors (Lipinski definition) is 2. The van der Waals surface area contributed by atoms with Crippen LogP contribution in [0.4, 0.5) is 10.5 Å². The van der Waals surface area contributed by atoms with E-state index in [1.54, 1.807) is 6.07 Å². The van der Waals surface area contributed by atoms with Gasteiger partial charge in [0.15, 0.2) is 0 Å². The molecule has 1 aromatic rings. The second-order valence-electron chi connectivity index (χ2n) is 5.37. The predicted molar refractivity (Wildman–Crippen MR) is 76.6 cm³/mol. The van der Waals surface area contributed by atoms with Crippen LogP contribution in [0.15, 0.2) is 18.2 Å². The first-order valence-corrected chi connectivity index (χ1v) is 6.79. The number of carbonyl (C=O) groups excluding carboxylic acids is 1. The summed E-state index contributed by atoms with van der Waals surface area (Å²) in [5.41, 5.74) is 0.933. The lowest BCUT2D eigenvalue weighted by atomic mass is 9.97. The van der Waals surface area contributed by atoms with Crippen molar-refractivity contribution in [3.05, 3.63) is 28.8 Å². The molecule has 0 aliphatic heterocycles. The average molecular weight is 283 g/mol. The van der Waals surface area contributed by atoms with Crippen molar-refractivity contribution in [2.45, 2.75) is 32.2 Å². The highest BCUT2D eigenvalue weighted by molar-refractivity contribution is 6.34. The Morgan fingerprint density at radius 3 is 2.79 bits per heavy atom. The number of amides is 2. The smallest absolute Gasteiger partial charge is 0.319 e. The number of aliphatic hydroxyl groups is 1. The van der Waals surface area contributed by atoms with Crippen LogP contribution in [-0.2, 0) is 0 Å². The molecular weight excluding hydrogens is 264 g/mol. The standard InChI is InChI=1S/C14H19ClN2O2/c1-9-4-3-5-11(12(9)15)16-13(19)17-14(2,8-18)10-6-7-10/h3-5,10,18H,6-8H2,1-2H3,(H2,16,17,19). The molecule has 0 heterocycles. The van der Waals surface area contributed by atoms with Crippen molar-refractivity contribution in [2.75, 3.05) is 11.9 Å². The monoisotopic (exact) mass is 282 g/mol. The van der Waals surface area contributed by atoms with E-state index >= 15 is 0 Å². The molecule has 1 saturated carbocycles. The van der Waals surface area contributed by atoms with Crippen LogP contribution in [0.3, 0.4) is 0 Å². The third-order valence-electron chi connectivity index (χ3n) is 3.65. The quantitative estimate of drug-likeness (QED) is 0.795. The van der Waals surface area contributed by atoms with E-state index in [4.69, 9.17) is 11.6 Å². The molecule has 0 bridgehead atoms. The minimum absolute atomic E-state index is 0.0629. The Balaban J connectivity index is 2.03. The van der Waals surface area contributed by atoms with Crippen LogP contribution >= 0.6 is 11.6 Å². The van der Waals surface area contributed by atoms with Gasteiger partial charge in [0.25, 0.3) is 0 Å². The van der Waals surface area contributed by atoms with E-state index in [0.717, 1.165) is 18.4 Å². The van der Waals surface area contributed by atoms with Gasteiger partial charge in [0.2, 0.25) is 0 Å². The van der Waals surface area contributed by atoms with Crippen molar-refractivity contribution in [1.82, 2.24) is 5.32 Å². The molecule has 1 atom stereocenters. The van der Waals surface area contributed by atoms with Gasteiger partial charge in [0, 0.05) is 0 Å². The molecule has 1 aliphatic rings. The predicted octanol–water partition coefficient (Wildman–Crippen LogP) is 2.93. The number of hydrogen-bond donors (Lipinski definition) is 3. The van der Waals surface area contributed by atoms with Gasteiger partial charge in [-0.25, -0.2) is 4.79 Å². The van der Waals surface area contributed by atoms with Gasteiger partial charge >= 0.3 is 6.03 Å². The van der Waals surface area contributed by atoms with Gasteiger partial charge in [-0.3, -0.25) is 0 Å². The van der Waals surface area contributed by atoms with Crippen LogP contribution in [0.1, 0.15) is 25.3 Å². The molecule has 1 aromatic carbocycles. The SMILES string of the molecule is Cc1cccc(NC(=O)NC(C)(CO)C2CC2)c1Cl. The summed E-state index contributed by atoms with van der Waals surface area (Å²) in [7, 11) is 0. The van der Waals surface area contributed by atoms with Crippen LogP contribution in [0.25, 0.3) is 0 Å². The van der Waals surface area contributed by atoms with Gasteiger partial charge in [-0.1, -0.05) is 23.7 Å². The van der Waals surface area contributed by atoms with Crippen LogP contribution in [0, 0.1) is 12.8 Å². The summed E-state index contributed by atoms with van der Waals surface area (Å²) in [6, 6.07) is 5.13. The first kappa shape index (κ1) is 14.2. The number of halogens is 1. The fourth-order valence-corrected chi connectivity index (χ4v) is 2.32. The summed E-state index contributed by atoms with van der Waals surface area (Å²) in [4.78, 5) is 12.0. The molecule has 2 amide bonds. The van der Waals surface area contributed by atoms with Crippen LogP contribution in [0.2, 0.25) is 5.02 Å². The van der Waals surface area contributed by atoms with Crippen molar-refractivity contribution in [3.63, 3.8) is 0 Å².